The quantitative estimate of drug-likeness (QED) is 0.0261. The highest BCUT2D eigenvalue weighted by atomic mass is 16.6. The van der Waals surface area contributed by atoms with Crippen LogP contribution in [0.4, 0.5) is 0 Å². The molecule has 6 heteroatoms. The maximum absolute atomic E-state index is 12.9. The van der Waals surface area contributed by atoms with Crippen LogP contribution in [0.2, 0.25) is 0 Å². The average molecular weight is 1080 g/mol. The summed E-state index contributed by atoms with van der Waals surface area (Å²) in [6, 6.07) is 0. The number of carbonyl (C=O) groups excluding carboxylic acids is 3. The van der Waals surface area contributed by atoms with Crippen LogP contribution in [0.1, 0.15) is 380 Å². The summed E-state index contributed by atoms with van der Waals surface area (Å²) in [5.41, 5.74) is 0. The molecule has 0 amide bonds. The standard InChI is InChI=1S/C71H132O6/c1-4-7-10-13-16-19-22-25-28-31-33-34-35-36-38-40-43-46-49-52-55-58-61-64-70(73)76-67-68(66-75-69(72)63-60-57-54-51-48-45-42-39-30-27-24-21-18-15-12-9-6-3)77-71(74)65-62-59-56-53-50-47-44-41-37-32-29-26-23-20-17-14-11-8-5-2/h9,12,18,21,27,30,68H,4-8,10-11,13-17,19-20,22-26,28-29,31-67H2,1-3H3/b12-9-,21-18-,30-27-. The molecule has 0 saturated carbocycles. The molecule has 0 aliphatic rings. The van der Waals surface area contributed by atoms with Gasteiger partial charge in [-0.25, -0.2) is 0 Å². The highest BCUT2D eigenvalue weighted by molar-refractivity contribution is 5.71. The van der Waals surface area contributed by atoms with Gasteiger partial charge in [0.05, 0.1) is 0 Å². The van der Waals surface area contributed by atoms with Crippen LogP contribution in [0, 0.1) is 0 Å². The van der Waals surface area contributed by atoms with Crippen LogP contribution < -0.4 is 0 Å². The van der Waals surface area contributed by atoms with Crippen molar-refractivity contribution >= 4 is 17.9 Å². The molecule has 452 valence electrons. The Kier molecular flexibility index (Phi) is 64.1. The third-order valence-corrected chi connectivity index (χ3v) is 15.7. The molecule has 0 heterocycles. The van der Waals surface area contributed by atoms with Crippen molar-refractivity contribution in [1.82, 2.24) is 0 Å². The Hall–Kier alpha value is -2.37. The number of esters is 3. The van der Waals surface area contributed by atoms with E-state index >= 15 is 0 Å². The molecule has 0 aromatic heterocycles. The minimum Gasteiger partial charge on any atom is -0.462 e. The molecule has 0 saturated heterocycles. The first-order chi connectivity index (χ1) is 38.0. The van der Waals surface area contributed by atoms with Gasteiger partial charge < -0.3 is 14.2 Å². The summed E-state index contributed by atoms with van der Waals surface area (Å²) in [7, 11) is 0. The van der Waals surface area contributed by atoms with Crippen LogP contribution >= 0.6 is 0 Å². The number of ether oxygens (including phenoxy) is 3. The fourth-order valence-electron chi connectivity index (χ4n) is 10.5. The zero-order chi connectivity index (χ0) is 55.7. The van der Waals surface area contributed by atoms with E-state index in [1.165, 1.54) is 257 Å². The second kappa shape index (κ2) is 66.1. The Balaban J connectivity index is 4.29. The van der Waals surface area contributed by atoms with E-state index in [-0.39, 0.29) is 31.1 Å². The lowest BCUT2D eigenvalue weighted by atomic mass is 10.0. The highest BCUT2D eigenvalue weighted by Crippen LogP contribution is 2.19. The third-order valence-electron chi connectivity index (χ3n) is 15.7. The first-order valence-corrected chi connectivity index (χ1v) is 34.5. The summed E-state index contributed by atoms with van der Waals surface area (Å²) in [6.07, 6.45) is 81.7. The Morgan fingerprint density at radius 1 is 0.273 bits per heavy atom. The van der Waals surface area contributed by atoms with Crippen molar-refractivity contribution in [3.8, 4) is 0 Å². The van der Waals surface area contributed by atoms with E-state index in [1.54, 1.807) is 0 Å². The molecule has 0 rings (SSSR count). The van der Waals surface area contributed by atoms with Crippen molar-refractivity contribution in [1.29, 1.82) is 0 Å². The maximum Gasteiger partial charge on any atom is 0.306 e. The molecule has 0 spiro atoms. The van der Waals surface area contributed by atoms with Gasteiger partial charge in [0.25, 0.3) is 0 Å². The lowest BCUT2D eigenvalue weighted by Gasteiger charge is -2.18. The predicted molar refractivity (Wildman–Crippen MR) is 335 cm³/mol. The van der Waals surface area contributed by atoms with Crippen LogP contribution in [0.3, 0.4) is 0 Å². The Morgan fingerprint density at radius 2 is 0.506 bits per heavy atom. The first kappa shape index (κ1) is 74.6. The van der Waals surface area contributed by atoms with Crippen molar-refractivity contribution in [3.05, 3.63) is 36.5 Å². The van der Waals surface area contributed by atoms with Gasteiger partial charge in [0.15, 0.2) is 6.10 Å². The van der Waals surface area contributed by atoms with E-state index in [2.05, 4.69) is 57.2 Å². The van der Waals surface area contributed by atoms with Gasteiger partial charge in [-0.15, -0.1) is 0 Å². The zero-order valence-corrected chi connectivity index (χ0v) is 52.0. The maximum atomic E-state index is 12.9. The van der Waals surface area contributed by atoms with Crippen LogP contribution in [-0.4, -0.2) is 37.2 Å². The minimum atomic E-state index is -0.774. The molecule has 77 heavy (non-hydrogen) atoms. The SMILES string of the molecule is CC/C=C\C/C=C\C/C=C\CCCCCCCCCC(=O)OCC(COC(=O)CCCCCCCCCCCCCCCCCCCCCCCCC)OC(=O)CCCCCCCCCCCCCCCCCCCCC. The Morgan fingerprint density at radius 3 is 0.792 bits per heavy atom. The van der Waals surface area contributed by atoms with Gasteiger partial charge in [-0.05, 0) is 51.4 Å². The summed E-state index contributed by atoms with van der Waals surface area (Å²) in [6.45, 7) is 6.60. The molecule has 6 nitrogen and oxygen atoms in total. The largest absolute Gasteiger partial charge is 0.462 e. The van der Waals surface area contributed by atoms with Gasteiger partial charge in [-0.1, -0.05) is 346 Å². The molecular formula is C71H132O6. The Labute approximate surface area is 480 Å². The normalized spacial score (nSPS) is 12.2. The molecule has 0 aromatic carbocycles. The van der Waals surface area contributed by atoms with Crippen molar-refractivity contribution in [3.63, 3.8) is 0 Å². The number of allylic oxidation sites excluding steroid dienone is 6. The molecule has 0 bridgehead atoms. The van der Waals surface area contributed by atoms with E-state index in [4.69, 9.17) is 14.2 Å². The summed E-state index contributed by atoms with van der Waals surface area (Å²) in [5.74, 6) is -0.849. The van der Waals surface area contributed by atoms with Crippen molar-refractivity contribution < 1.29 is 28.6 Å². The smallest absolute Gasteiger partial charge is 0.306 e. The van der Waals surface area contributed by atoms with Crippen LogP contribution in [0.15, 0.2) is 36.5 Å². The zero-order valence-electron chi connectivity index (χ0n) is 52.0. The number of carbonyl (C=O) groups is 3. The molecule has 1 atom stereocenters. The van der Waals surface area contributed by atoms with Gasteiger partial charge in [-0.2, -0.15) is 0 Å². The molecule has 0 aliphatic carbocycles. The predicted octanol–water partition coefficient (Wildman–Crippen LogP) is 23.6. The van der Waals surface area contributed by atoms with Gasteiger partial charge in [-0.3, -0.25) is 14.4 Å². The van der Waals surface area contributed by atoms with Crippen molar-refractivity contribution in [2.75, 3.05) is 13.2 Å². The summed E-state index contributed by atoms with van der Waals surface area (Å²) in [4.78, 5) is 38.4. The number of rotatable bonds is 64. The number of unbranched alkanes of at least 4 members (excludes halogenated alkanes) is 47. The molecule has 0 N–H and O–H groups in total. The monoisotopic (exact) mass is 1080 g/mol. The minimum absolute atomic E-state index is 0.0693. The van der Waals surface area contributed by atoms with Gasteiger partial charge >= 0.3 is 17.9 Å². The van der Waals surface area contributed by atoms with Crippen LogP contribution in [0.25, 0.3) is 0 Å². The van der Waals surface area contributed by atoms with E-state index in [9.17, 15) is 14.4 Å². The number of hydrogen-bond donors (Lipinski definition) is 0. The van der Waals surface area contributed by atoms with Crippen LogP contribution in [-0.2, 0) is 28.6 Å². The number of hydrogen-bond acceptors (Lipinski definition) is 6. The van der Waals surface area contributed by atoms with E-state index in [0.29, 0.717) is 19.3 Å². The molecule has 1 unspecified atom stereocenters. The average Bonchev–Trinajstić information content (AvgIpc) is 3.43. The van der Waals surface area contributed by atoms with Crippen molar-refractivity contribution in [2.45, 2.75) is 386 Å². The second-order valence-corrected chi connectivity index (χ2v) is 23.4. The first-order valence-electron chi connectivity index (χ1n) is 34.5. The lowest BCUT2D eigenvalue weighted by Crippen LogP contribution is -2.30. The summed E-state index contributed by atoms with van der Waals surface area (Å²) < 4.78 is 17.0. The summed E-state index contributed by atoms with van der Waals surface area (Å²) in [5, 5.41) is 0. The molecule has 0 aliphatic heterocycles. The van der Waals surface area contributed by atoms with Gasteiger partial charge in [0.1, 0.15) is 13.2 Å². The third kappa shape index (κ3) is 64.3. The summed E-state index contributed by atoms with van der Waals surface area (Å²) >= 11 is 0. The van der Waals surface area contributed by atoms with E-state index in [1.807, 2.05) is 0 Å². The molecule has 0 radical (unpaired) electrons. The molecule has 0 aromatic rings. The molecular weight excluding hydrogens is 949 g/mol. The highest BCUT2D eigenvalue weighted by Gasteiger charge is 2.19. The lowest BCUT2D eigenvalue weighted by molar-refractivity contribution is -0.167. The fraction of sp³-hybridized carbons (Fsp3) is 0.873. The molecule has 0 fully saturated rings. The van der Waals surface area contributed by atoms with E-state index in [0.717, 1.165) is 83.5 Å². The van der Waals surface area contributed by atoms with E-state index < -0.39 is 6.10 Å². The van der Waals surface area contributed by atoms with Gasteiger partial charge in [0.2, 0.25) is 0 Å². The Bertz CT molecular complexity index is 1290. The second-order valence-electron chi connectivity index (χ2n) is 23.4. The van der Waals surface area contributed by atoms with Gasteiger partial charge in [0, 0.05) is 19.3 Å². The topological polar surface area (TPSA) is 78.9 Å². The fourth-order valence-corrected chi connectivity index (χ4v) is 10.5. The van der Waals surface area contributed by atoms with Crippen molar-refractivity contribution in [2.24, 2.45) is 0 Å². The van der Waals surface area contributed by atoms with Crippen LogP contribution in [0.5, 0.6) is 0 Å².